The van der Waals surface area contributed by atoms with Gasteiger partial charge in [0.25, 0.3) is 0 Å². The van der Waals surface area contributed by atoms with Crippen LogP contribution in [0.2, 0.25) is 0 Å². The molecule has 1 aromatic carbocycles. The number of hydrogen-bond acceptors (Lipinski definition) is 4. The second-order valence-electron chi connectivity index (χ2n) is 8.70. The normalized spacial score (nSPS) is 20.3. The minimum Gasteiger partial charge on any atom is -0.493 e. The van der Waals surface area contributed by atoms with Gasteiger partial charge in [-0.2, -0.15) is 0 Å². The van der Waals surface area contributed by atoms with Gasteiger partial charge < -0.3 is 24.8 Å². The van der Waals surface area contributed by atoms with E-state index in [4.69, 9.17) is 14.2 Å². The van der Waals surface area contributed by atoms with Crippen LogP contribution in [0.5, 0.6) is 11.5 Å². The Morgan fingerprint density at radius 2 is 2.03 bits per heavy atom. The van der Waals surface area contributed by atoms with Crippen LogP contribution in [-0.2, 0) is 11.3 Å². The van der Waals surface area contributed by atoms with Crippen molar-refractivity contribution in [3.8, 4) is 11.5 Å². The van der Waals surface area contributed by atoms with E-state index in [0.717, 1.165) is 49.0 Å². The molecule has 1 aliphatic rings. The summed E-state index contributed by atoms with van der Waals surface area (Å²) in [6, 6.07) is 6.03. The number of hydrogen-bond donors (Lipinski definition) is 2. The molecular weight excluding hydrogens is 366 g/mol. The molecule has 0 saturated carbocycles. The predicted octanol–water partition coefficient (Wildman–Crippen LogP) is 3.99. The Kier molecular flexibility index (Phi) is 9.08. The molecule has 6 heteroatoms. The zero-order valence-electron chi connectivity index (χ0n) is 19.0. The second kappa shape index (κ2) is 11.3. The fourth-order valence-electron chi connectivity index (χ4n) is 3.80. The van der Waals surface area contributed by atoms with Gasteiger partial charge in [-0.05, 0) is 42.4 Å². The smallest absolute Gasteiger partial charge is 0.191 e. The van der Waals surface area contributed by atoms with Gasteiger partial charge in [0.05, 0.1) is 19.8 Å². The molecule has 0 amide bonds. The van der Waals surface area contributed by atoms with Crippen LogP contribution >= 0.6 is 0 Å². The van der Waals surface area contributed by atoms with Crippen LogP contribution in [-0.4, -0.2) is 46.0 Å². The van der Waals surface area contributed by atoms with Gasteiger partial charge in [0.2, 0.25) is 0 Å². The molecular formula is C23H39N3O3. The first-order valence-electron chi connectivity index (χ1n) is 10.7. The third-order valence-electron chi connectivity index (χ3n) is 5.20. The second-order valence-corrected chi connectivity index (χ2v) is 8.70. The molecule has 0 spiro atoms. The summed E-state index contributed by atoms with van der Waals surface area (Å²) >= 11 is 0. The maximum atomic E-state index is 6.09. The molecule has 1 saturated heterocycles. The van der Waals surface area contributed by atoms with Crippen LogP contribution < -0.4 is 20.1 Å². The standard InChI is InChI=1S/C23H39N3O3/c1-7-12-28-19-11-10-17(14-20(19)27-6)15-25-22(24-5)26-16-18-9-8-13-29-21(18)23(2,3)4/h10-11,14,18,21H,7-9,12-13,15-16H2,1-6H3,(H2,24,25,26). The first-order valence-corrected chi connectivity index (χ1v) is 10.7. The highest BCUT2D eigenvalue weighted by molar-refractivity contribution is 5.79. The summed E-state index contributed by atoms with van der Waals surface area (Å²) in [4.78, 5) is 4.37. The average molecular weight is 406 g/mol. The summed E-state index contributed by atoms with van der Waals surface area (Å²) in [5.74, 6) is 2.82. The highest BCUT2D eigenvalue weighted by atomic mass is 16.5. The van der Waals surface area contributed by atoms with Crippen molar-refractivity contribution in [1.29, 1.82) is 0 Å². The lowest BCUT2D eigenvalue weighted by Crippen LogP contribution is -2.47. The molecule has 1 fully saturated rings. The Labute approximate surface area is 176 Å². The maximum absolute atomic E-state index is 6.09. The molecule has 1 aliphatic heterocycles. The Morgan fingerprint density at radius 1 is 1.24 bits per heavy atom. The quantitative estimate of drug-likeness (QED) is 0.506. The Morgan fingerprint density at radius 3 is 2.69 bits per heavy atom. The fourth-order valence-corrected chi connectivity index (χ4v) is 3.80. The van der Waals surface area contributed by atoms with Gasteiger partial charge in [-0.25, -0.2) is 0 Å². The Balaban J connectivity index is 1.90. The lowest BCUT2D eigenvalue weighted by molar-refractivity contribution is -0.0835. The topological polar surface area (TPSA) is 64.1 Å². The lowest BCUT2D eigenvalue weighted by atomic mass is 9.78. The summed E-state index contributed by atoms with van der Waals surface area (Å²) in [7, 11) is 3.47. The fraction of sp³-hybridized carbons (Fsp3) is 0.696. The van der Waals surface area contributed by atoms with Crippen LogP contribution in [0.25, 0.3) is 0 Å². The van der Waals surface area contributed by atoms with Crippen molar-refractivity contribution in [2.75, 3.05) is 33.9 Å². The minimum absolute atomic E-state index is 0.141. The average Bonchev–Trinajstić information content (AvgIpc) is 2.72. The van der Waals surface area contributed by atoms with Crippen LogP contribution in [0.15, 0.2) is 23.2 Å². The van der Waals surface area contributed by atoms with E-state index >= 15 is 0 Å². The molecule has 0 radical (unpaired) electrons. The molecule has 2 unspecified atom stereocenters. The molecule has 2 atom stereocenters. The van der Waals surface area contributed by atoms with Gasteiger partial charge in [-0.15, -0.1) is 0 Å². The highest BCUT2D eigenvalue weighted by Gasteiger charge is 2.35. The summed E-state index contributed by atoms with van der Waals surface area (Å²) in [6.07, 6.45) is 3.54. The van der Waals surface area contributed by atoms with E-state index in [1.54, 1.807) is 14.2 Å². The van der Waals surface area contributed by atoms with Crippen LogP contribution in [0, 0.1) is 11.3 Å². The monoisotopic (exact) mass is 405 g/mol. The zero-order chi connectivity index (χ0) is 21.3. The number of benzene rings is 1. The molecule has 0 bridgehead atoms. The number of rotatable bonds is 8. The van der Waals surface area contributed by atoms with E-state index in [2.05, 4.69) is 49.4 Å². The van der Waals surface area contributed by atoms with Gasteiger partial charge >= 0.3 is 0 Å². The summed E-state index contributed by atoms with van der Waals surface area (Å²) in [5.41, 5.74) is 1.25. The molecule has 1 aromatic rings. The van der Waals surface area contributed by atoms with E-state index in [9.17, 15) is 0 Å². The van der Waals surface area contributed by atoms with Crippen molar-refractivity contribution < 1.29 is 14.2 Å². The molecule has 2 rings (SSSR count). The van der Waals surface area contributed by atoms with Crippen LogP contribution in [0.3, 0.4) is 0 Å². The largest absolute Gasteiger partial charge is 0.493 e. The molecule has 29 heavy (non-hydrogen) atoms. The first-order chi connectivity index (χ1) is 13.9. The number of nitrogens with zero attached hydrogens (tertiary/aromatic N) is 1. The van der Waals surface area contributed by atoms with Crippen molar-refractivity contribution in [2.24, 2.45) is 16.3 Å². The van der Waals surface area contributed by atoms with Gasteiger partial charge in [-0.1, -0.05) is 33.8 Å². The van der Waals surface area contributed by atoms with Crippen molar-refractivity contribution in [2.45, 2.75) is 59.6 Å². The van der Waals surface area contributed by atoms with Crippen LogP contribution in [0.4, 0.5) is 0 Å². The first kappa shape index (κ1) is 23.3. The van der Waals surface area contributed by atoms with Crippen molar-refractivity contribution >= 4 is 5.96 Å². The third kappa shape index (κ3) is 7.11. The number of guanidine groups is 1. The van der Waals surface area contributed by atoms with Gasteiger partial charge in [0, 0.05) is 32.7 Å². The molecule has 0 aliphatic carbocycles. The maximum Gasteiger partial charge on any atom is 0.191 e. The molecule has 1 heterocycles. The lowest BCUT2D eigenvalue weighted by Gasteiger charge is -2.40. The highest BCUT2D eigenvalue weighted by Crippen LogP contribution is 2.33. The molecule has 2 N–H and O–H groups in total. The van der Waals surface area contributed by atoms with Crippen LogP contribution in [0.1, 0.15) is 52.5 Å². The number of aliphatic imine (C=N–C) groups is 1. The SMILES string of the molecule is CCCOc1ccc(CNC(=NC)NCC2CCCOC2C(C)(C)C)cc1OC. The van der Waals surface area contributed by atoms with Crippen molar-refractivity contribution in [1.82, 2.24) is 10.6 Å². The van der Waals surface area contributed by atoms with Gasteiger partial charge in [-0.3, -0.25) is 4.99 Å². The van der Waals surface area contributed by atoms with E-state index in [1.165, 1.54) is 6.42 Å². The Hall–Kier alpha value is -1.95. The van der Waals surface area contributed by atoms with Gasteiger partial charge in [0.15, 0.2) is 17.5 Å². The van der Waals surface area contributed by atoms with E-state index in [1.807, 2.05) is 12.1 Å². The van der Waals surface area contributed by atoms with Crippen molar-refractivity contribution in [3.05, 3.63) is 23.8 Å². The molecule has 6 nitrogen and oxygen atoms in total. The summed E-state index contributed by atoms with van der Waals surface area (Å²) < 4.78 is 17.3. The minimum atomic E-state index is 0.141. The number of ether oxygens (including phenoxy) is 3. The number of methoxy groups -OCH3 is 1. The summed E-state index contributed by atoms with van der Waals surface area (Å²) in [5, 5.41) is 6.88. The zero-order valence-corrected chi connectivity index (χ0v) is 19.0. The third-order valence-corrected chi connectivity index (χ3v) is 5.20. The molecule has 0 aromatic heterocycles. The Bertz CT molecular complexity index is 655. The van der Waals surface area contributed by atoms with E-state index < -0.39 is 0 Å². The number of nitrogens with one attached hydrogen (secondary N) is 2. The van der Waals surface area contributed by atoms with Gasteiger partial charge in [0.1, 0.15) is 0 Å². The predicted molar refractivity (Wildman–Crippen MR) is 119 cm³/mol. The van der Waals surface area contributed by atoms with E-state index in [-0.39, 0.29) is 11.5 Å². The molecule has 164 valence electrons. The van der Waals surface area contributed by atoms with E-state index in [0.29, 0.717) is 19.1 Å². The summed E-state index contributed by atoms with van der Waals surface area (Å²) in [6.45, 7) is 11.9. The van der Waals surface area contributed by atoms with Crippen molar-refractivity contribution in [3.63, 3.8) is 0 Å².